The zero-order valence-electron chi connectivity index (χ0n) is 15.3. The number of carbonyl (C=O) groups excluding carboxylic acids is 2. The first-order valence-electron chi connectivity index (χ1n) is 8.11. The lowest BCUT2D eigenvalue weighted by Crippen LogP contribution is -2.29. The third kappa shape index (κ3) is 4.02. The number of H-pyrrole nitrogens is 1. The quantitative estimate of drug-likeness (QED) is 0.624. The van der Waals surface area contributed by atoms with Crippen molar-refractivity contribution in [3.05, 3.63) is 51.8 Å². The average molecular weight is 344 g/mol. The van der Waals surface area contributed by atoms with Gasteiger partial charge in [0.05, 0.1) is 19.2 Å². The Labute approximate surface area is 147 Å². The summed E-state index contributed by atoms with van der Waals surface area (Å²) < 4.78 is 10.5. The molecular weight excluding hydrogens is 320 g/mol. The van der Waals surface area contributed by atoms with Crippen molar-refractivity contribution in [3.63, 3.8) is 0 Å². The Kier molecular flexibility index (Phi) is 5.85. The molecule has 6 heteroatoms. The number of amides is 1. The van der Waals surface area contributed by atoms with Crippen molar-refractivity contribution >= 4 is 11.9 Å². The van der Waals surface area contributed by atoms with Crippen molar-refractivity contribution in [2.45, 2.75) is 27.7 Å². The molecular formula is C19H24N2O4. The molecule has 0 aliphatic rings. The molecule has 0 radical (unpaired) electrons. The molecule has 0 aliphatic heterocycles. The number of nitrogens with one attached hydrogen (secondary N) is 2. The van der Waals surface area contributed by atoms with Crippen LogP contribution in [0.15, 0.2) is 18.2 Å². The first-order valence-corrected chi connectivity index (χ1v) is 8.11. The van der Waals surface area contributed by atoms with E-state index in [0.29, 0.717) is 35.7 Å². The van der Waals surface area contributed by atoms with Crippen molar-refractivity contribution in [3.8, 4) is 5.75 Å². The fourth-order valence-corrected chi connectivity index (χ4v) is 2.82. The van der Waals surface area contributed by atoms with Crippen LogP contribution in [0.25, 0.3) is 0 Å². The van der Waals surface area contributed by atoms with Gasteiger partial charge in [0.1, 0.15) is 18.1 Å². The molecule has 0 fully saturated rings. The van der Waals surface area contributed by atoms with Gasteiger partial charge in [-0.2, -0.15) is 0 Å². The lowest BCUT2D eigenvalue weighted by Gasteiger charge is -2.12. The SMILES string of the molecule is COC(=O)c1c(C)[nH]c(C(=O)NCCOc2c(C)cccc2C)c1C. The number of aromatic amines is 1. The number of methoxy groups -OCH3 is 1. The van der Waals surface area contributed by atoms with E-state index in [4.69, 9.17) is 9.47 Å². The van der Waals surface area contributed by atoms with Gasteiger partial charge in [0.15, 0.2) is 0 Å². The van der Waals surface area contributed by atoms with Gasteiger partial charge in [-0.1, -0.05) is 18.2 Å². The molecule has 0 saturated carbocycles. The number of benzene rings is 1. The molecule has 1 amide bonds. The maximum absolute atomic E-state index is 12.3. The van der Waals surface area contributed by atoms with Crippen LogP contribution in [0.3, 0.4) is 0 Å². The molecule has 1 aromatic carbocycles. The normalized spacial score (nSPS) is 10.4. The highest BCUT2D eigenvalue weighted by molar-refractivity contribution is 6.00. The highest BCUT2D eigenvalue weighted by Crippen LogP contribution is 2.22. The van der Waals surface area contributed by atoms with E-state index in [0.717, 1.165) is 16.9 Å². The number of ether oxygens (including phenoxy) is 2. The largest absolute Gasteiger partial charge is 0.491 e. The highest BCUT2D eigenvalue weighted by Gasteiger charge is 2.22. The third-order valence-electron chi connectivity index (χ3n) is 4.10. The summed E-state index contributed by atoms with van der Waals surface area (Å²) in [6, 6.07) is 5.95. The van der Waals surface area contributed by atoms with E-state index in [2.05, 4.69) is 10.3 Å². The number of rotatable bonds is 6. The van der Waals surface area contributed by atoms with E-state index in [1.165, 1.54) is 7.11 Å². The van der Waals surface area contributed by atoms with Gasteiger partial charge in [-0.15, -0.1) is 0 Å². The van der Waals surface area contributed by atoms with E-state index in [9.17, 15) is 9.59 Å². The van der Waals surface area contributed by atoms with Crippen LogP contribution in [0.1, 0.15) is 43.2 Å². The molecule has 0 bridgehead atoms. The van der Waals surface area contributed by atoms with Crippen LogP contribution in [-0.4, -0.2) is 37.1 Å². The Bertz CT molecular complexity index is 773. The Morgan fingerprint density at radius 2 is 1.76 bits per heavy atom. The lowest BCUT2D eigenvalue weighted by atomic mass is 10.1. The average Bonchev–Trinajstić information content (AvgIpc) is 2.87. The van der Waals surface area contributed by atoms with E-state index in [1.54, 1.807) is 13.8 Å². The monoisotopic (exact) mass is 344 g/mol. The molecule has 1 aromatic heterocycles. The zero-order valence-corrected chi connectivity index (χ0v) is 15.3. The maximum atomic E-state index is 12.3. The second-order valence-corrected chi connectivity index (χ2v) is 5.94. The minimum Gasteiger partial charge on any atom is -0.491 e. The number of esters is 1. The van der Waals surface area contributed by atoms with Crippen molar-refractivity contribution in [1.82, 2.24) is 10.3 Å². The Balaban J connectivity index is 1.96. The molecule has 0 unspecified atom stereocenters. The summed E-state index contributed by atoms with van der Waals surface area (Å²) >= 11 is 0. The second-order valence-electron chi connectivity index (χ2n) is 5.94. The van der Waals surface area contributed by atoms with E-state index in [-0.39, 0.29) is 5.91 Å². The predicted octanol–water partition coefficient (Wildman–Crippen LogP) is 2.84. The minimum absolute atomic E-state index is 0.277. The van der Waals surface area contributed by atoms with Crippen LogP contribution in [-0.2, 0) is 4.74 Å². The molecule has 1 heterocycles. The van der Waals surface area contributed by atoms with Crippen LogP contribution in [0.2, 0.25) is 0 Å². The fraction of sp³-hybridized carbons (Fsp3) is 0.368. The standard InChI is InChI=1S/C19H24N2O4/c1-11-7-6-8-12(2)17(11)25-10-9-20-18(22)16-13(3)15(14(4)21-16)19(23)24-5/h6-8,21H,9-10H2,1-5H3,(H,20,22). The van der Waals surface area contributed by atoms with Crippen molar-refractivity contribution in [1.29, 1.82) is 0 Å². The molecule has 2 rings (SSSR count). The van der Waals surface area contributed by atoms with Gasteiger partial charge >= 0.3 is 5.97 Å². The van der Waals surface area contributed by atoms with Crippen LogP contribution < -0.4 is 10.1 Å². The molecule has 2 aromatic rings. The highest BCUT2D eigenvalue weighted by atomic mass is 16.5. The molecule has 0 atom stereocenters. The zero-order chi connectivity index (χ0) is 18.6. The van der Waals surface area contributed by atoms with Crippen molar-refractivity contribution in [2.24, 2.45) is 0 Å². The summed E-state index contributed by atoms with van der Waals surface area (Å²) in [6.07, 6.45) is 0. The third-order valence-corrected chi connectivity index (χ3v) is 4.10. The van der Waals surface area contributed by atoms with Crippen molar-refractivity contribution in [2.75, 3.05) is 20.3 Å². The topological polar surface area (TPSA) is 80.4 Å². The summed E-state index contributed by atoms with van der Waals surface area (Å²) in [4.78, 5) is 27.1. The molecule has 25 heavy (non-hydrogen) atoms. The van der Waals surface area contributed by atoms with Crippen LogP contribution >= 0.6 is 0 Å². The fourth-order valence-electron chi connectivity index (χ4n) is 2.82. The molecule has 0 spiro atoms. The van der Waals surface area contributed by atoms with Crippen LogP contribution in [0.5, 0.6) is 5.75 Å². The molecule has 6 nitrogen and oxygen atoms in total. The number of aromatic nitrogens is 1. The van der Waals surface area contributed by atoms with E-state index in [1.807, 2.05) is 32.0 Å². The molecule has 0 aliphatic carbocycles. The Morgan fingerprint density at radius 3 is 2.36 bits per heavy atom. The summed E-state index contributed by atoms with van der Waals surface area (Å²) in [5, 5.41) is 2.80. The first-order chi connectivity index (χ1) is 11.9. The van der Waals surface area contributed by atoms with Gasteiger partial charge in [0.2, 0.25) is 0 Å². The number of aryl methyl sites for hydroxylation is 3. The van der Waals surface area contributed by atoms with Gasteiger partial charge < -0.3 is 19.8 Å². The van der Waals surface area contributed by atoms with Crippen LogP contribution in [0, 0.1) is 27.7 Å². The predicted molar refractivity (Wildman–Crippen MR) is 95.4 cm³/mol. The number of carbonyl (C=O) groups is 2. The molecule has 0 saturated heterocycles. The Morgan fingerprint density at radius 1 is 1.12 bits per heavy atom. The summed E-state index contributed by atoms with van der Waals surface area (Å²) in [5.41, 5.74) is 4.08. The number of para-hydroxylation sites is 1. The van der Waals surface area contributed by atoms with E-state index >= 15 is 0 Å². The second kappa shape index (κ2) is 7.88. The smallest absolute Gasteiger partial charge is 0.339 e. The summed E-state index contributed by atoms with van der Waals surface area (Å²) in [7, 11) is 1.32. The van der Waals surface area contributed by atoms with Gasteiger partial charge in [-0.3, -0.25) is 4.79 Å². The number of hydrogen-bond donors (Lipinski definition) is 2. The van der Waals surface area contributed by atoms with Gasteiger partial charge in [-0.05, 0) is 44.4 Å². The lowest BCUT2D eigenvalue weighted by molar-refractivity contribution is 0.0599. The van der Waals surface area contributed by atoms with Gasteiger partial charge in [-0.25, -0.2) is 4.79 Å². The van der Waals surface area contributed by atoms with E-state index < -0.39 is 5.97 Å². The van der Waals surface area contributed by atoms with Gasteiger partial charge in [0.25, 0.3) is 5.91 Å². The first kappa shape index (κ1) is 18.6. The minimum atomic E-state index is -0.455. The maximum Gasteiger partial charge on any atom is 0.339 e. The summed E-state index contributed by atoms with van der Waals surface area (Å²) in [5.74, 6) is 0.112. The summed E-state index contributed by atoms with van der Waals surface area (Å²) in [6.45, 7) is 8.15. The Hall–Kier alpha value is -2.76. The van der Waals surface area contributed by atoms with Gasteiger partial charge in [0, 0.05) is 5.69 Å². The molecule has 2 N–H and O–H groups in total. The molecule has 134 valence electrons. The number of hydrogen-bond acceptors (Lipinski definition) is 4. The van der Waals surface area contributed by atoms with Crippen molar-refractivity contribution < 1.29 is 19.1 Å². The van der Waals surface area contributed by atoms with Crippen LogP contribution in [0.4, 0.5) is 0 Å².